The van der Waals surface area contributed by atoms with Gasteiger partial charge in [-0.25, -0.2) is 23.1 Å². The number of piperidine rings is 1. The fourth-order valence-electron chi connectivity index (χ4n) is 7.62. The summed E-state index contributed by atoms with van der Waals surface area (Å²) in [4.78, 5) is 77.0. The molecule has 8 rings (SSSR count). The van der Waals surface area contributed by atoms with Crippen LogP contribution >= 0.6 is 0 Å². The van der Waals surface area contributed by atoms with E-state index in [0.29, 0.717) is 56.2 Å². The number of carbonyl (C=O) groups is 5. The summed E-state index contributed by atoms with van der Waals surface area (Å²) in [7, 11) is -1.97. The first-order valence-corrected chi connectivity index (χ1v) is 21.6. The van der Waals surface area contributed by atoms with E-state index < -0.39 is 39.7 Å². The van der Waals surface area contributed by atoms with Crippen molar-refractivity contribution in [1.29, 1.82) is 0 Å². The largest absolute Gasteiger partial charge is 0.414 e. The van der Waals surface area contributed by atoms with Gasteiger partial charge in [0.15, 0.2) is 11.5 Å². The van der Waals surface area contributed by atoms with E-state index in [0.717, 1.165) is 28.3 Å². The van der Waals surface area contributed by atoms with Crippen LogP contribution in [0.3, 0.4) is 0 Å². The maximum Gasteiger partial charge on any atom is 0.270 e. The lowest BCUT2D eigenvalue weighted by atomic mass is 10.0. The molecule has 0 aliphatic carbocycles. The van der Waals surface area contributed by atoms with Crippen molar-refractivity contribution in [2.45, 2.75) is 49.6 Å². The minimum absolute atomic E-state index is 0.0405. The first kappa shape index (κ1) is 41.8. The van der Waals surface area contributed by atoms with E-state index in [-0.39, 0.29) is 65.1 Å². The van der Waals surface area contributed by atoms with Gasteiger partial charge in [-0.05, 0) is 74.3 Å². The molecule has 2 aromatic heterocycles. The van der Waals surface area contributed by atoms with Crippen LogP contribution in [0.15, 0.2) is 82.2 Å². The Morgan fingerprint density at radius 3 is 2.32 bits per heavy atom. The molecule has 5 aromatic rings. The van der Waals surface area contributed by atoms with Gasteiger partial charge in [0.05, 0.1) is 27.9 Å². The highest BCUT2D eigenvalue weighted by Crippen LogP contribution is 2.32. The summed E-state index contributed by atoms with van der Waals surface area (Å²) in [6.07, 6.45) is 2.77. The summed E-state index contributed by atoms with van der Waals surface area (Å²) >= 11 is 0. The van der Waals surface area contributed by atoms with Crippen molar-refractivity contribution < 1.29 is 36.8 Å². The maximum absolute atomic E-state index is 13.3. The number of benzene rings is 3. The van der Waals surface area contributed by atoms with Crippen molar-refractivity contribution in [3.8, 4) is 34.3 Å². The van der Waals surface area contributed by atoms with Gasteiger partial charge in [-0.1, -0.05) is 24.3 Å². The Balaban J connectivity index is 0.789. The zero-order valence-corrected chi connectivity index (χ0v) is 34.5. The lowest BCUT2D eigenvalue weighted by Crippen LogP contribution is -2.54. The van der Waals surface area contributed by atoms with Gasteiger partial charge in [-0.2, -0.15) is 0 Å². The van der Waals surface area contributed by atoms with Crippen molar-refractivity contribution in [3.05, 3.63) is 89.6 Å². The normalized spacial score (nSPS) is 16.8. The van der Waals surface area contributed by atoms with Crippen molar-refractivity contribution in [1.82, 2.24) is 45.3 Å². The second-order valence-electron chi connectivity index (χ2n) is 15.1. The first-order valence-electron chi connectivity index (χ1n) is 20.1. The van der Waals surface area contributed by atoms with E-state index in [2.05, 4.69) is 35.5 Å². The predicted molar refractivity (Wildman–Crippen MR) is 224 cm³/mol. The molecule has 20 heteroatoms. The quantitative estimate of drug-likeness (QED) is 0.0924. The molecule has 0 saturated carbocycles. The van der Waals surface area contributed by atoms with Crippen molar-refractivity contribution >= 4 is 51.1 Å². The molecule has 5 heterocycles. The molecule has 2 fully saturated rings. The molecule has 0 radical (unpaired) electrons. The van der Waals surface area contributed by atoms with Gasteiger partial charge in [0.2, 0.25) is 33.6 Å². The van der Waals surface area contributed by atoms with Gasteiger partial charge < -0.3 is 25.3 Å². The van der Waals surface area contributed by atoms with Gasteiger partial charge in [-0.3, -0.25) is 34.2 Å². The van der Waals surface area contributed by atoms with E-state index in [4.69, 9.17) is 10.2 Å². The molecule has 0 spiro atoms. The second-order valence-corrected chi connectivity index (χ2v) is 16.8. The molecule has 2 saturated heterocycles. The van der Waals surface area contributed by atoms with Gasteiger partial charge in [0, 0.05) is 68.9 Å². The van der Waals surface area contributed by atoms with E-state index >= 15 is 0 Å². The molecule has 62 heavy (non-hydrogen) atoms. The average Bonchev–Trinajstić information content (AvgIpc) is 3.86. The van der Waals surface area contributed by atoms with E-state index in [1.807, 2.05) is 36.2 Å². The lowest BCUT2D eigenvalue weighted by Gasteiger charge is -2.36. The zero-order chi connectivity index (χ0) is 43.5. The van der Waals surface area contributed by atoms with Gasteiger partial charge in [0.1, 0.15) is 6.04 Å². The van der Waals surface area contributed by atoms with Crippen LogP contribution in [0, 0.1) is 0 Å². The number of unbranched alkanes of at least 4 members (excludes halogenated alkanes) is 1. The summed E-state index contributed by atoms with van der Waals surface area (Å²) in [5.74, 6) is -1.80. The van der Waals surface area contributed by atoms with E-state index in [1.54, 1.807) is 35.2 Å². The molecule has 1 unspecified atom stereocenters. The number of amides is 5. The number of nitrogen functional groups attached to an aromatic ring is 1. The molecule has 3 aliphatic rings. The minimum Gasteiger partial charge on any atom is -0.414 e. The Labute approximate surface area is 356 Å². The number of nitrogens with zero attached hydrogens (tertiary/aromatic N) is 7. The highest BCUT2D eigenvalue weighted by molar-refractivity contribution is 7.89. The predicted octanol–water partition coefficient (Wildman–Crippen LogP) is 2.36. The third-order valence-electron chi connectivity index (χ3n) is 11.0. The monoisotopic (exact) mass is 861 g/mol. The number of piperazine rings is 1. The smallest absolute Gasteiger partial charge is 0.270 e. The van der Waals surface area contributed by atoms with Gasteiger partial charge in [0.25, 0.3) is 17.7 Å². The van der Waals surface area contributed by atoms with Crippen LogP contribution < -0.4 is 26.0 Å². The SMILES string of the molecule is CNCc1ccc(-c2nnc(-c3nc(-c4ccc(S(=O)(=O)NCCCCC(=O)N5CCN(c6ccc7c(c6)C(=O)N(C6CCC(=O)NC6=O)C7=O)CC5)cc4)cnc3N)o2)cc1. The molecule has 320 valence electrons. The minimum atomic E-state index is -3.84. The van der Waals surface area contributed by atoms with Crippen molar-refractivity contribution in [3.63, 3.8) is 0 Å². The number of carbonyl (C=O) groups excluding carboxylic acids is 5. The Kier molecular flexibility index (Phi) is 11.9. The summed E-state index contributed by atoms with van der Waals surface area (Å²) in [6.45, 7) is 2.76. The van der Waals surface area contributed by atoms with Crippen molar-refractivity contribution in [2.24, 2.45) is 0 Å². The number of anilines is 2. The Morgan fingerprint density at radius 1 is 0.887 bits per heavy atom. The van der Waals surface area contributed by atoms with Crippen LogP contribution in [-0.2, 0) is 31.0 Å². The van der Waals surface area contributed by atoms with Crippen LogP contribution in [0.2, 0.25) is 0 Å². The lowest BCUT2D eigenvalue weighted by molar-refractivity contribution is -0.136. The molecule has 5 N–H and O–H groups in total. The Bertz CT molecular complexity index is 2660. The summed E-state index contributed by atoms with van der Waals surface area (Å²) in [6, 6.07) is 17.8. The molecule has 1 atom stereocenters. The standard InChI is InChI=1S/C42H43N11O8S/c1-44-23-25-5-7-27(8-6-25)39-49-50-40(61-39)36-37(43)45-24-32(47-36)26-9-12-29(13-10-26)62(59,60)46-17-3-2-4-35(55)52-20-18-51(19-21-52)28-11-14-30-31(22-28)42(58)53(41(30)57)33-15-16-34(54)48-38(33)56/h5-14,22,24,33,44,46H,2-4,15-21,23H2,1H3,(H2,43,45)(H,48,54,56). The van der Waals surface area contributed by atoms with Crippen LogP contribution in [0.25, 0.3) is 34.3 Å². The fourth-order valence-corrected chi connectivity index (χ4v) is 8.70. The second kappa shape index (κ2) is 17.6. The molecule has 3 aromatic carbocycles. The number of sulfonamides is 1. The number of hydrogen-bond donors (Lipinski definition) is 4. The topological polar surface area (TPSA) is 256 Å². The third-order valence-corrected chi connectivity index (χ3v) is 12.5. The highest BCUT2D eigenvalue weighted by Gasteiger charge is 2.45. The highest BCUT2D eigenvalue weighted by atomic mass is 32.2. The zero-order valence-electron chi connectivity index (χ0n) is 33.7. The van der Waals surface area contributed by atoms with Crippen LogP contribution in [-0.4, -0.2) is 114 Å². The molecule has 0 bridgehead atoms. The third kappa shape index (κ3) is 8.65. The van der Waals surface area contributed by atoms with Crippen molar-refractivity contribution in [2.75, 3.05) is 50.4 Å². The van der Waals surface area contributed by atoms with E-state index in [1.165, 1.54) is 18.3 Å². The molecule has 19 nitrogen and oxygen atoms in total. The number of hydrogen-bond acceptors (Lipinski definition) is 15. The summed E-state index contributed by atoms with van der Waals surface area (Å²) < 4.78 is 34.7. The van der Waals surface area contributed by atoms with Crippen LogP contribution in [0.4, 0.5) is 11.5 Å². The average molecular weight is 862 g/mol. The van der Waals surface area contributed by atoms with Crippen LogP contribution in [0.1, 0.15) is 58.4 Å². The number of imide groups is 2. The Morgan fingerprint density at radius 2 is 1.60 bits per heavy atom. The maximum atomic E-state index is 13.3. The van der Waals surface area contributed by atoms with Crippen LogP contribution in [0.5, 0.6) is 0 Å². The molecule has 3 aliphatic heterocycles. The number of nitrogens with one attached hydrogen (secondary N) is 3. The Hall–Kier alpha value is -6.90. The van der Waals surface area contributed by atoms with Gasteiger partial charge >= 0.3 is 0 Å². The van der Waals surface area contributed by atoms with E-state index in [9.17, 15) is 32.4 Å². The molecule has 5 amide bonds. The fraction of sp³-hybridized carbons (Fsp3) is 0.310. The number of rotatable bonds is 14. The molecular weight excluding hydrogens is 819 g/mol. The number of aromatic nitrogens is 4. The number of fused-ring (bicyclic) bond motifs is 1. The molecular formula is C42H43N11O8S. The number of nitrogens with two attached hydrogens (primary N) is 1. The first-order chi connectivity index (χ1) is 29.9. The van der Waals surface area contributed by atoms with Gasteiger partial charge in [-0.15, -0.1) is 10.2 Å². The summed E-state index contributed by atoms with van der Waals surface area (Å²) in [5, 5.41) is 13.6. The summed E-state index contributed by atoms with van der Waals surface area (Å²) in [5.41, 5.74) is 10.3.